The molecule has 3 aromatic rings. The molecule has 104 valence electrons. The SMILES string of the molecule is O=c1oc2ccccc2c(O)c1C1CCc2ccccc21. The van der Waals surface area contributed by atoms with Crippen molar-refractivity contribution in [3.63, 3.8) is 0 Å². The van der Waals surface area contributed by atoms with E-state index in [1.807, 2.05) is 24.3 Å². The summed E-state index contributed by atoms with van der Waals surface area (Å²) in [6, 6.07) is 15.2. The van der Waals surface area contributed by atoms with Crippen molar-refractivity contribution >= 4 is 11.0 Å². The highest BCUT2D eigenvalue weighted by atomic mass is 16.4. The molecule has 1 N–H and O–H groups in total. The van der Waals surface area contributed by atoms with Gasteiger partial charge in [0, 0.05) is 5.92 Å². The Labute approximate surface area is 121 Å². The zero-order valence-electron chi connectivity index (χ0n) is 11.4. The highest BCUT2D eigenvalue weighted by Gasteiger charge is 2.29. The van der Waals surface area contributed by atoms with Crippen molar-refractivity contribution in [2.24, 2.45) is 0 Å². The third kappa shape index (κ3) is 1.77. The zero-order valence-corrected chi connectivity index (χ0v) is 11.4. The van der Waals surface area contributed by atoms with E-state index in [2.05, 4.69) is 6.07 Å². The maximum Gasteiger partial charge on any atom is 0.343 e. The quantitative estimate of drug-likeness (QED) is 0.692. The van der Waals surface area contributed by atoms with Crippen LogP contribution in [0.5, 0.6) is 5.75 Å². The van der Waals surface area contributed by atoms with Gasteiger partial charge in [-0.3, -0.25) is 0 Å². The summed E-state index contributed by atoms with van der Waals surface area (Å²) < 4.78 is 5.39. The molecular formula is C18H14O3. The van der Waals surface area contributed by atoms with Crippen LogP contribution in [0.1, 0.15) is 29.0 Å². The fraction of sp³-hybridized carbons (Fsp3) is 0.167. The second-order valence-corrected chi connectivity index (χ2v) is 5.44. The number of benzene rings is 2. The van der Waals surface area contributed by atoms with Crippen molar-refractivity contribution in [1.29, 1.82) is 0 Å². The molecule has 2 aromatic carbocycles. The van der Waals surface area contributed by atoms with E-state index in [0.717, 1.165) is 18.4 Å². The van der Waals surface area contributed by atoms with Crippen molar-refractivity contribution in [2.75, 3.05) is 0 Å². The molecule has 4 rings (SSSR count). The van der Waals surface area contributed by atoms with E-state index in [9.17, 15) is 9.90 Å². The van der Waals surface area contributed by atoms with Crippen LogP contribution < -0.4 is 5.63 Å². The first kappa shape index (κ1) is 12.2. The van der Waals surface area contributed by atoms with Gasteiger partial charge in [0.05, 0.1) is 10.9 Å². The summed E-state index contributed by atoms with van der Waals surface area (Å²) in [6.45, 7) is 0. The Kier molecular flexibility index (Phi) is 2.61. The van der Waals surface area contributed by atoms with Gasteiger partial charge in [-0.05, 0) is 36.1 Å². The summed E-state index contributed by atoms with van der Waals surface area (Å²) in [5, 5.41) is 11.2. The highest BCUT2D eigenvalue weighted by molar-refractivity contribution is 5.84. The van der Waals surface area contributed by atoms with Gasteiger partial charge < -0.3 is 9.52 Å². The smallest absolute Gasteiger partial charge is 0.343 e. The Morgan fingerprint density at radius 3 is 2.71 bits per heavy atom. The van der Waals surface area contributed by atoms with Gasteiger partial charge in [0.2, 0.25) is 0 Å². The average Bonchev–Trinajstić information content (AvgIpc) is 2.91. The molecule has 0 amide bonds. The molecular weight excluding hydrogens is 264 g/mol. The molecule has 1 atom stereocenters. The second-order valence-electron chi connectivity index (χ2n) is 5.44. The zero-order chi connectivity index (χ0) is 14.4. The van der Waals surface area contributed by atoms with Crippen LogP contribution in [-0.4, -0.2) is 5.11 Å². The monoisotopic (exact) mass is 278 g/mol. The Balaban J connectivity index is 1.98. The summed E-state index contributed by atoms with van der Waals surface area (Å²) in [7, 11) is 0. The molecule has 0 fully saturated rings. The van der Waals surface area contributed by atoms with E-state index < -0.39 is 5.63 Å². The standard InChI is InChI=1S/C18H14O3/c19-17-14-7-3-4-8-15(14)21-18(20)16(17)13-10-9-11-5-1-2-6-12(11)13/h1-8,13,19H,9-10H2. The van der Waals surface area contributed by atoms with E-state index in [1.165, 1.54) is 5.56 Å². The van der Waals surface area contributed by atoms with Crippen molar-refractivity contribution in [2.45, 2.75) is 18.8 Å². The Morgan fingerprint density at radius 1 is 1.05 bits per heavy atom. The minimum atomic E-state index is -0.437. The van der Waals surface area contributed by atoms with Gasteiger partial charge in [-0.1, -0.05) is 36.4 Å². The average molecular weight is 278 g/mol. The van der Waals surface area contributed by atoms with Crippen LogP contribution in [0.3, 0.4) is 0 Å². The molecule has 0 saturated heterocycles. The van der Waals surface area contributed by atoms with Gasteiger partial charge in [0.1, 0.15) is 11.3 Å². The summed E-state index contributed by atoms with van der Waals surface area (Å²) in [5.74, 6) is -0.0226. The Hall–Kier alpha value is -2.55. The normalized spacial score (nSPS) is 17.0. The third-order valence-electron chi connectivity index (χ3n) is 4.30. The maximum atomic E-state index is 12.3. The van der Waals surface area contributed by atoms with E-state index in [4.69, 9.17) is 4.42 Å². The third-order valence-corrected chi connectivity index (χ3v) is 4.30. The van der Waals surface area contributed by atoms with Crippen LogP contribution in [0.25, 0.3) is 11.0 Å². The number of rotatable bonds is 1. The van der Waals surface area contributed by atoms with Crippen LogP contribution in [0.4, 0.5) is 0 Å². The molecule has 0 spiro atoms. The van der Waals surface area contributed by atoms with Gasteiger partial charge in [0.15, 0.2) is 0 Å². The number of fused-ring (bicyclic) bond motifs is 2. The number of aromatic hydroxyl groups is 1. The van der Waals surface area contributed by atoms with E-state index in [1.54, 1.807) is 18.2 Å². The summed E-state index contributed by atoms with van der Waals surface area (Å²) in [6.07, 6.45) is 1.75. The summed E-state index contributed by atoms with van der Waals surface area (Å²) in [4.78, 5) is 12.3. The molecule has 1 aliphatic rings. The molecule has 0 saturated carbocycles. The first-order valence-electron chi connectivity index (χ1n) is 7.08. The summed E-state index contributed by atoms with van der Waals surface area (Å²) in [5.41, 5.74) is 2.74. The van der Waals surface area contributed by atoms with Crippen molar-refractivity contribution in [1.82, 2.24) is 0 Å². The molecule has 1 unspecified atom stereocenters. The van der Waals surface area contributed by atoms with Gasteiger partial charge in [-0.2, -0.15) is 0 Å². The molecule has 0 aliphatic heterocycles. The van der Waals surface area contributed by atoms with Crippen LogP contribution in [0, 0.1) is 0 Å². The second kappa shape index (κ2) is 4.48. The lowest BCUT2D eigenvalue weighted by Crippen LogP contribution is -2.12. The predicted octanol–water partition coefficient (Wildman–Crippen LogP) is 3.58. The lowest BCUT2D eigenvalue weighted by molar-refractivity contribution is 0.451. The van der Waals surface area contributed by atoms with Crippen LogP contribution in [0.2, 0.25) is 0 Å². The predicted molar refractivity (Wildman–Crippen MR) is 80.8 cm³/mol. The Bertz CT molecular complexity index is 892. The van der Waals surface area contributed by atoms with Crippen LogP contribution in [-0.2, 0) is 6.42 Å². The first-order chi connectivity index (χ1) is 10.3. The highest BCUT2D eigenvalue weighted by Crippen LogP contribution is 2.41. The Morgan fingerprint density at radius 2 is 1.81 bits per heavy atom. The lowest BCUT2D eigenvalue weighted by Gasteiger charge is -2.13. The number of para-hydroxylation sites is 1. The van der Waals surface area contributed by atoms with Gasteiger partial charge in [0.25, 0.3) is 0 Å². The van der Waals surface area contributed by atoms with E-state index >= 15 is 0 Å². The molecule has 1 aliphatic carbocycles. The van der Waals surface area contributed by atoms with Gasteiger partial charge >= 0.3 is 5.63 Å². The fourth-order valence-corrected chi connectivity index (χ4v) is 3.31. The maximum absolute atomic E-state index is 12.3. The van der Waals surface area contributed by atoms with E-state index in [0.29, 0.717) is 16.5 Å². The topological polar surface area (TPSA) is 50.4 Å². The van der Waals surface area contributed by atoms with Crippen LogP contribution >= 0.6 is 0 Å². The largest absolute Gasteiger partial charge is 0.507 e. The van der Waals surface area contributed by atoms with Gasteiger partial charge in [-0.25, -0.2) is 4.79 Å². The van der Waals surface area contributed by atoms with Gasteiger partial charge in [-0.15, -0.1) is 0 Å². The molecule has 1 heterocycles. The molecule has 0 radical (unpaired) electrons. The number of hydrogen-bond acceptors (Lipinski definition) is 3. The number of aryl methyl sites for hydroxylation is 1. The molecule has 3 heteroatoms. The minimum Gasteiger partial charge on any atom is -0.507 e. The minimum absolute atomic E-state index is 0.0588. The van der Waals surface area contributed by atoms with Crippen molar-refractivity contribution < 1.29 is 9.52 Å². The lowest BCUT2D eigenvalue weighted by atomic mass is 9.92. The molecule has 21 heavy (non-hydrogen) atoms. The van der Waals surface area contributed by atoms with Crippen molar-refractivity contribution in [3.05, 3.63) is 75.6 Å². The van der Waals surface area contributed by atoms with E-state index in [-0.39, 0.29) is 11.7 Å². The molecule has 0 bridgehead atoms. The molecule has 1 aromatic heterocycles. The van der Waals surface area contributed by atoms with Crippen molar-refractivity contribution in [3.8, 4) is 5.75 Å². The molecule has 3 nitrogen and oxygen atoms in total. The first-order valence-corrected chi connectivity index (χ1v) is 7.08. The summed E-state index contributed by atoms with van der Waals surface area (Å²) >= 11 is 0. The number of hydrogen-bond donors (Lipinski definition) is 1. The fourth-order valence-electron chi connectivity index (χ4n) is 3.31. The van der Waals surface area contributed by atoms with Crippen LogP contribution in [0.15, 0.2) is 57.7 Å².